The molecule has 0 heterocycles. The molecule has 0 aromatic rings. The maximum Gasteiger partial charge on any atom is 0.236 e. The van der Waals surface area contributed by atoms with E-state index in [-0.39, 0.29) is 11.7 Å². The third-order valence-electron chi connectivity index (χ3n) is 4.68. The molecule has 0 aliphatic heterocycles. The van der Waals surface area contributed by atoms with Gasteiger partial charge in [-0.05, 0) is 31.6 Å². The third kappa shape index (κ3) is 3.87. The number of likely N-dealkylation sites (N-methyl/N-ethyl adjacent to an activating group) is 1. The fourth-order valence-electron chi connectivity index (χ4n) is 3.03. The van der Waals surface area contributed by atoms with Crippen LogP contribution in [0.25, 0.3) is 0 Å². The van der Waals surface area contributed by atoms with E-state index in [0.717, 1.165) is 31.8 Å². The molecule has 0 aromatic carbocycles. The maximum absolute atomic E-state index is 12.8. The Morgan fingerprint density at radius 2 is 2.05 bits per heavy atom. The molecule has 2 fully saturated rings. The molecule has 0 aromatic heterocycles. The maximum atomic E-state index is 12.8. The molecule has 21 heavy (non-hydrogen) atoms. The molecule has 0 unspecified atom stereocenters. The van der Waals surface area contributed by atoms with E-state index in [2.05, 4.69) is 5.16 Å². The van der Waals surface area contributed by atoms with Gasteiger partial charge in [0, 0.05) is 20.2 Å². The molecule has 6 nitrogen and oxygen atoms in total. The molecule has 0 saturated heterocycles. The van der Waals surface area contributed by atoms with Gasteiger partial charge in [0.15, 0.2) is 5.84 Å². The van der Waals surface area contributed by atoms with Gasteiger partial charge in [-0.2, -0.15) is 0 Å². The van der Waals surface area contributed by atoms with Crippen LogP contribution < -0.4 is 5.73 Å². The topological polar surface area (TPSA) is 88.2 Å². The van der Waals surface area contributed by atoms with Crippen LogP contribution in [0.2, 0.25) is 0 Å². The van der Waals surface area contributed by atoms with E-state index < -0.39 is 5.41 Å². The van der Waals surface area contributed by atoms with Crippen molar-refractivity contribution in [2.75, 3.05) is 26.8 Å². The molecule has 2 saturated carbocycles. The Morgan fingerprint density at radius 1 is 1.38 bits per heavy atom. The highest BCUT2D eigenvalue weighted by Gasteiger charge is 2.45. The van der Waals surface area contributed by atoms with Crippen molar-refractivity contribution in [3.8, 4) is 0 Å². The van der Waals surface area contributed by atoms with Gasteiger partial charge in [-0.3, -0.25) is 4.79 Å². The minimum atomic E-state index is -0.821. The lowest BCUT2D eigenvalue weighted by Gasteiger charge is -2.37. The summed E-state index contributed by atoms with van der Waals surface area (Å²) < 4.78 is 5.58. The molecular weight excluding hydrogens is 270 g/mol. The first-order chi connectivity index (χ1) is 10.1. The van der Waals surface area contributed by atoms with E-state index in [4.69, 9.17) is 15.7 Å². The number of ether oxygens (including phenoxy) is 1. The summed E-state index contributed by atoms with van der Waals surface area (Å²) in [7, 11) is 1.77. The average molecular weight is 297 g/mol. The molecule has 0 radical (unpaired) electrons. The Hall–Kier alpha value is -1.30. The SMILES string of the molecule is CN(CCOCC1CC1)C(=O)C1(C(N)=NO)CCCCC1. The summed E-state index contributed by atoms with van der Waals surface area (Å²) in [5, 5.41) is 12.2. The van der Waals surface area contributed by atoms with E-state index >= 15 is 0 Å². The zero-order valence-electron chi connectivity index (χ0n) is 12.9. The Balaban J connectivity index is 1.89. The van der Waals surface area contributed by atoms with E-state index in [1.807, 2.05) is 0 Å². The second-order valence-corrected chi connectivity index (χ2v) is 6.37. The Morgan fingerprint density at radius 3 is 2.62 bits per heavy atom. The van der Waals surface area contributed by atoms with Crippen molar-refractivity contribution < 1.29 is 14.7 Å². The van der Waals surface area contributed by atoms with Crippen molar-refractivity contribution in [1.29, 1.82) is 0 Å². The monoisotopic (exact) mass is 297 g/mol. The number of nitrogens with zero attached hydrogens (tertiary/aromatic N) is 2. The van der Waals surface area contributed by atoms with Crippen LogP contribution in [-0.2, 0) is 9.53 Å². The zero-order chi connectivity index (χ0) is 15.3. The second kappa shape index (κ2) is 7.11. The van der Waals surface area contributed by atoms with Gasteiger partial charge in [0.2, 0.25) is 5.91 Å². The number of oxime groups is 1. The number of amidine groups is 1. The summed E-state index contributed by atoms with van der Waals surface area (Å²) in [5.41, 5.74) is 5.02. The second-order valence-electron chi connectivity index (χ2n) is 6.37. The molecule has 0 spiro atoms. The van der Waals surface area contributed by atoms with Gasteiger partial charge in [-0.15, -0.1) is 0 Å². The van der Waals surface area contributed by atoms with Crippen LogP contribution in [0.5, 0.6) is 0 Å². The number of hydrogen-bond acceptors (Lipinski definition) is 4. The van der Waals surface area contributed by atoms with Gasteiger partial charge >= 0.3 is 0 Å². The molecule has 120 valence electrons. The third-order valence-corrected chi connectivity index (χ3v) is 4.68. The Labute approximate surface area is 126 Å². The predicted molar refractivity (Wildman–Crippen MR) is 80.1 cm³/mol. The molecule has 2 aliphatic rings. The van der Waals surface area contributed by atoms with Crippen LogP contribution in [0.4, 0.5) is 0 Å². The Kier molecular flexibility index (Phi) is 5.45. The predicted octanol–water partition coefficient (Wildman–Crippen LogP) is 1.57. The van der Waals surface area contributed by atoms with Crippen LogP contribution in [0, 0.1) is 11.3 Å². The first-order valence-corrected chi connectivity index (χ1v) is 7.91. The van der Waals surface area contributed by atoms with E-state index in [9.17, 15) is 4.79 Å². The van der Waals surface area contributed by atoms with Crippen molar-refractivity contribution in [2.24, 2.45) is 22.2 Å². The molecule has 6 heteroatoms. The molecule has 2 aliphatic carbocycles. The summed E-state index contributed by atoms with van der Waals surface area (Å²) in [4.78, 5) is 14.4. The van der Waals surface area contributed by atoms with Crippen molar-refractivity contribution in [3.05, 3.63) is 0 Å². The van der Waals surface area contributed by atoms with Gasteiger partial charge < -0.3 is 20.6 Å². The number of carbonyl (C=O) groups is 1. The van der Waals surface area contributed by atoms with Crippen LogP contribution in [-0.4, -0.2) is 48.7 Å². The number of rotatable bonds is 7. The summed E-state index contributed by atoms with van der Waals surface area (Å²) in [6.45, 7) is 1.89. The van der Waals surface area contributed by atoms with Crippen molar-refractivity contribution in [2.45, 2.75) is 44.9 Å². The lowest BCUT2D eigenvalue weighted by atomic mass is 9.72. The van der Waals surface area contributed by atoms with Gasteiger partial charge in [0.05, 0.1) is 6.61 Å². The number of amides is 1. The molecular formula is C15H27N3O3. The van der Waals surface area contributed by atoms with Crippen LogP contribution in [0.3, 0.4) is 0 Å². The minimum absolute atomic E-state index is 0.0486. The van der Waals surface area contributed by atoms with E-state index in [1.165, 1.54) is 12.8 Å². The van der Waals surface area contributed by atoms with Crippen molar-refractivity contribution >= 4 is 11.7 Å². The van der Waals surface area contributed by atoms with E-state index in [0.29, 0.717) is 26.0 Å². The number of hydrogen-bond donors (Lipinski definition) is 2. The van der Waals surface area contributed by atoms with Crippen molar-refractivity contribution in [1.82, 2.24) is 4.90 Å². The van der Waals surface area contributed by atoms with E-state index in [1.54, 1.807) is 11.9 Å². The fraction of sp³-hybridized carbons (Fsp3) is 0.867. The quantitative estimate of drug-likeness (QED) is 0.245. The van der Waals surface area contributed by atoms with Crippen LogP contribution in [0.1, 0.15) is 44.9 Å². The van der Waals surface area contributed by atoms with Gasteiger partial charge in [-0.25, -0.2) is 0 Å². The lowest BCUT2D eigenvalue weighted by Crippen LogP contribution is -2.52. The van der Waals surface area contributed by atoms with Crippen LogP contribution in [0.15, 0.2) is 5.16 Å². The largest absolute Gasteiger partial charge is 0.409 e. The molecule has 0 atom stereocenters. The van der Waals surface area contributed by atoms with Gasteiger partial charge in [-0.1, -0.05) is 24.4 Å². The lowest BCUT2D eigenvalue weighted by molar-refractivity contribution is -0.139. The molecule has 0 bridgehead atoms. The molecule has 1 amide bonds. The molecule has 2 rings (SSSR count). The van der Waals surface area contributed by atoms with Gasteiger partial charge in [0.25, 0.3) is 0 Å². The smallest absolute Gasteiger partial charge is 0.236 e. The summed E-state index contributed by atoms with van der Waals surface area (Å²) >= 11 is 0. The summed E-state index contributed by atoms with van der Waals surface area (Å²) in [6.07, 6.45) is 6.83. The highest BCUT2D eigenvalue weighted by molar-refractivity contribution is 6.06. The first-order valence-electron chi connectivity index (χ1n) is 7.91. The normalized spacial score (nSPS) is 22.0. The number of nitrogens with two attached hydrogens (primary N) is 1. The average Bonchev–Trinajstić information content (AvgIpc) is 3.34. The fourth-order valence-corrected chi connectivity index (χ4v) is 3.03. The summed E-state index contributed by atoms with van der Waals surface area (Å²) in [6, 6.07) is 0. The number of carbonyl (C=O) groups excluding carboxylic acids is 1. The zero-order valence-corrected chi connectivity index (χ0v) is 12.9. The minimum Gasteiger partial charge on any atom is -0.409 e. The van der Waals surface area contributed by atoms with Gasteiger partial charge in [0.1, 0.15) is 5.41 Å². The highest BCUT2D eigenvalue weighted by Crippen LogP contribution is 2.38. The highest BCUT2D eigenvalue weighted by atomic mass is 16.5. The summed E-state index contributed by atoms with van der Waals surface area (Å²) in [5.74, 6) is 0.735. The van der Waals surface area contributed by atoms with Crippen LogP contribution >= 0.6 is 0 Å². The Bertz CT molecular complexity index is 388. The van der Waals surface area contributed by atoms with Crippen molar-refractivity contribution in [3.63, 3.8) is 0 Å². The standard InChI is InChI=1S/C15H27N3O3/c1-18(9-10-21-11-12-5-6-12)14(19)15(13(16)17-20)7-3-2-4-8-15/h12,20H,2-11H2,1H3,(H2,16,17). The first kappa shape index (κ1) is 16.1. The molecule has 3 N–H and O–H groups in total.